The molecule has 1 aromatic heterocycles. The monoisotopic (exact) mass is 177 g/mol. The van der Waals surface area contributed by atoms with Crippen molar-refractivity contribution in [2.45, 2.75) is 27.2 Å². The summed E-state index contributed by atoms with van der Waals surface area (Å²) < 4.78 is 5.28. The first-order valence-electron chi connectivity index (χ1n) is 4.49. The zero-order chi connectivity index (χ0) is 9.68. The van der Waals surface area contributed by atoms with Crippen molar-refractivity contribution in [3.8, 4) is 0 Å². The Hall–Kier alpha value is -1.31. The number of hydrogen-bond acceptors (Lipinski definition) is 2. The Kier molecular flexibility index (Phi) is 3.50. The molecule has 1 rings (SSSR count). The molecule has 0 aromatic carbocycles. The van der Waals surface area contributed by atoms with Gasteiger partial charge in [0, 0.05) is 6.21 Å². The number of aliphatic imine (C=N–C) groups is 1. The van der Waals surface area contributed by atoms with Crippen LogP contribution in [0.4, 0.5) is 0 Å². The first-order chi connectivity index (χ1) is 6.25. The van der Waals surface area contributed by atoms with Crippen molar-refractivity contribution in [2.75, 3.05) is 0 Å². The zero-order valence-corrected chi connectivity index (χ0v) is 8.37. The van der Waals surface area contributed by atoms with Crippen molar-refractivity contribution in [3.05, 3.63) is 29.7 Å². The molecule has 70 valence electrons. The second kappa shape index (κ2) is 4.65. The fourth-order valence-corrected chi connectivity index (χ4v) is 1.03. The van der Waals surface area contributed by atoms with Gasteiger partial charge < -0.3 is 4.42 Å². The Morgan fingerprint density at radius 1 is 1.54 bits per heavy atom. The Morgan fingerprint density at radius 2 is 2.31 bits per heavy atom. The summed E-state index contributed by atoms with van der Waals surface area (Å²) in [6.07, 6.45) is 4.50. The molecule has 0 fully saturated rings. The van der Waals surface area contributed by atoms with E-state index in [4.69, 9.17) is 4.42 Å². The highest BCUT2D eigenvalue weighted by Gasteiger charge is 2.03. The third-order valence-corrected chi connectivity index (χ3v) is 1.63. The minimum absolute atomic E-state index is 0.838. The van der Waals surface area contributed by atoms with Crippen LogP contribution in [0.5, 0.6) is 0 Å². The zero-order valence-electron chi connectivity index (χ0n) is 8.37. The molecular weight excluding hydrogens is 162 g/mol. The standard InChI is InChI=1S/C11H15NO/c1-4-7-12-11(9(2)3)10-6-5-8-13-10/h5-8H,4H2,1-3H3. The van der Waals surface area contributed by atoms with Crippen LogP contribution < -0.4 is 0 Å². The number of furan rings is 1. The fourth-order valence-electron chi connectivity index (χ4n) is 1.03. The van der Waals surface area contributed by atoms with E-state index >= 15 is 0 Å². The molecule has 0 aliphatic rings. The Bertz CT molecular complexity index is 303. The molecule has 0 bridgehead atoms. The minimum atomic E-state index is 0.838. The number of hydrogen-bond donors (Lipinski definition) is 0. The van der Waals surface area contributed by atoms with E-state index in [-0.39, 0.29) is 0 Å². The molecule has 0 aliphatic carbocycles. The highest BCUT2D eigenvalue weighted by atomic mass is 16.3. The molecule has 0 atom stereocenters. The van der Waals surface area contributed by atoms with E-state index in [1.807, 2.05) is 32.2 Å². The molecule has 0 saturated carbocycles. The third kappa shape index (κ3) is 2.58. The highest BCUT2D eigenvalue weighted by Crippen LogP contribution is 2.19. The summed E-state index contributed by atoms with van der Waals surface area (Å²) in [4.78, 5) is 4.35. The lowest BCUT2D eigenvalue weighted by Gasteiger charge is -1.99. The molecule has 2 nitrogen and oxygen atoms in total. The van der Waals surface area contributed by atoms with Crippen molar-refractivity contribution in [1.29, 1.82) is 0 Å². The first-order valence-corrected chi connectivity index (χ1v) is 4.49. The van der Waals surface area contributed by atoms with Gasteiger partial charge >= 0.3 is 0 Å². The van der Waals surface area contributed by atoms with Crippen LogP contribution in [0.25, 0.3) is 5.70 Å². The van der Waals surface area contributed by atoms with Gasteiger partial charge in [0.25, 0.3) is 0 Å². The van der Waals surface area contributed by atoms with Crippen LogP contribution in [0.15, 0.2) is 33.4 Å². The van der Waals surface area contributed by atoms with Gasteiger partial charge in [0.1, 0.15) is 5.70 Å². The van der Waals surface area contributed by atoms with E-state index in [2.05, 4.69) is 11.9 Å². The Balaban J connectivity index is 2.96. The summed E-state index contributed by atoms with van der Waals surface area (Å²) in [7, 11) is 0. The predicted octanol–water partition coefficient (Wildman–Crippen LogP) is 3.51. The molecule has 0 radical (unpaired) electrons. The van der Waals surface area contributed by atoms with Gasteiger partial charge in [0.2, 0.25) is 0 Å². The highest BCUT2D eigenvalue weighted by molar-refractivity contribution is 5.72. The summed E-state index contributed by atoms with van der Waals surface area (Å²) in [6, 6.07) is 3.80. The number of nitrogens with zero attached hydrogens (tertiary/aromatic N) is 1. The lowest BCUT2D eigenvalue weighted by molar-refractivity contribution is 0.551. The second-order valence-corrected chi connectivity index (χ2v) is 3.05. The summed E-state index contributed by atoms with van der Waals surface area (Å²) in [6.45, 7) is 6.13. The van der Waals surface area contributed by atoms with E-state index in [0.717, 1.165) is 17.9 Å². The smallest absolute Gasteiger partial charge is 0.152 e. The molecule has 1 aromatic rings. The number of rotatable bonds is 3. The molecule has 0 aliphatic heterocycles. The van der Waals surface area contributed by atoms with Crippen LogP contribution in [-0.2, 0) is 0 Å². The molecule has 0 N–H and O–H groups in total. The van der Waals surface area contributed by atoms with E-state index in [1.54, 1.807) is 6.26 Å². The summed E-state index contributed by atoms with van der Waals surface area (Å²) in [5, 5.41) is 0. The predicted molar refractivity (Wildman–Crippen MR) is 55.8 cm³/mol. The van der Waals surface area contributed by atoms with Gasteiger partial charge in [-0.05, 0) is 38.0 Å². The maximum atomic E-state index is 5.28. The van der Waals surface area contributed by atoms with E-state index < -0.39 is 0 Å². The Labute approximate surface area is 79.0 Å². The number of allylic oxidation sites excluding steroid dienone is 1. The molecular formula is C11H15NO. The molecule has 1 heterocycles. The second-order valence-electron chi connectivity index (χ2n) is 3.05. The van der Waals surface area contributed by atoms with Crippen molar-refractivity contribution in [2.24, 2.45) is 4.99 Å². The van der Waals surface area contributed by atoms with Crippen molar-refractivity contribution < 1.29 is 4.42 Å². The maximum Gasteiger partial charge on any atom is 0.152 e. The topological polar surface area (TPSA) is 25.5 Å². The quantitative estimate of drug-likeness (QED) is 0.648. The molecule has 2 heteroatoms. The summed E-state index contributed by atoms with van der Waals surface area (Å²) in [5.74, 6) is 0.838. The van der Waals surface area contributed by atoms with Crippen LogP contribution in [0.1, 0.15) is 33.0 Å². The van der Waals surface area contributed by atoms with Crippen molar-refractivity contribution in [1.82, 2.24) is 0 Å². The first kappa shape index (κ1) is 9.78. The third-order valence-electron chi connectivity index (χ3n) is 1.63. The van der Waals surface area contributed by atoms with Gasteiger partial charge in [-0.1, -0.05) is 6.92 Å². The molecule has 0 amide bonds. The summed E-state index contributed by atoms with van der Waals surface area (Å²) >= 11 is 0. The maximum absolute atomic E-state index is 5.28. The normalized spacial score (nSPS) is 10.7. The van der Waals surface area contributed by atoms with Crippen LogP contribution in [0, 0.1) is 0 Å². The lowest BCUT2D eigenvalue weighted by atomic mass is 10.2. The molecule has 13 heavy (non-hydrogen) atoms. The fraction of sp³-hybridized carbons (Fsp3) is 0.364. The average molecular weight is 177 g/mol. The van der Waals surface area contributed by atoms with Gasteiger partial charge in [0.05, 0.1) is 6.26 Å². The van der Waals surface area contributed by atoms with Gasteiger partial charge in [-0.25, -0.2) is 0 Å². The van der Waals surface area contributed by atoms with Crippen molar-refractivity contribution >= 4 is 11.9 Å². The Morgan fingerprint density at radius 3 is 2.77 bits per heavy atom. The van der Waals surface area contributed by atoms with Gasteiger partial charge in [-0.3, -0.25) is 4.99 Å². The molecule has 0 unspecified atom stereocenters. The molecule has 0 saturated heterocycles. The summed E-state index contributed by atoms with van der Waals surface area (Å²) in [5.41, 5.74) is 2.10. The van der Waals surface area contributed by atoms with Gasteiger partial charge in [-0.2, -0.15) is 0 Å². The van der Waals surface area contributed by atoms with Crippen LogP contribution in [0.2, 0.25) is 0 Å². The SMILES string of the molecule is CCC=NC(=C(C)C)c1ccco1. The minimum Gasteiger partial charge on any atom is -0.463 e. The van der Waals surface area contributed by atoms with E-state index in [1.165, 1.54) is 5.57 Å². The van der Waals surface area contributed by atoms with Crippen LogP contribution in [-0.4, -0.2) is 6.21 Å². The van der Waals surface area contributed by atoms with Gasteiger partial charge in [0.15, 0.2) is 5.76 Å². The van der Waals surface area contributed by atoms with Gasteiger partial charge in [-0.15, -0.1) is 0 Å². The lowest BCUT2D eigenvalue weighted by Crippen LogP contribution is -1.81. The molecule has 0 spiro atoms. The average Bonchev–Trinajstić information content (AvgIpc) is 2.57. The largest absolute Gasteiger partial charge is 0.463 e. The van der Waals surface area contributed by atoms with Crippen molar-refractivity contribution in [3.63, 3.8) is 0 Å². The van der Waals surface area contributed by atoms with E-state index in [0.29, 0.717) is 0 Å². The van der Waals surface area contributed by atoms with Crippen LogP contribution in [0.3, 0.4) is 0 Å². The van der Waals surface area contributed by atoms with E-state index in [9.17, 15) is 0 Å². The van der Waals surface area contributed by atoms with Crippen LogP contribution >= 0.6 is 0 Å².